The van der Waals surface area contributed by atoms with Crippen LogP contribution in [0.4, 0.5) is 0 Å². The SMILES string of the molecule is N[C@H](CO)Cc1c[nH]c2c(OCc3ccccc3)cccc12. The van der Waals surface area contributed by atoms with E-state index in [0.29, 0.717) is 13.0 Å². The van der Waals surface area contributed by atoms with Crippen LogP contribution in [0, 0.1) is 0 Å². The Labute approximate surface area is 129 Å². The zero-order chi connectivity index (χ0) is 15.4. The van der Waals surface area contributed by atoms with Crippen LogP contribution in [-0.4, -0.2) is 22.7 Å². The van der Waals surface area contributed by atoms with E-state index in [9.17, 15) is 0 Å². The molecule has 0 aliphatic heterocycles. The number of aromatic nitrogens is 1. The van der Waals surface area contributed by atoms with Crippen LogP contribution in [0.2, 0.25) is 0 Å². The lowest BCUT2D eigenvalue weighted by Gasteiger charge is -2.09. The Bertz CT molecular complexity index is 737. The van der Waals surface area contributed by atoms with E-state index in [2.05, 4.69) is 4.98 Å². The zero-order valence-electron chi connectivity index (χ0n) is 12.3. The van der Waals surface area contributed by atoms with E-state index in [1.807, 2.05) is 54.7 Å². The van der Waals surface area contributed by atoms with Crippen LogP contribution in [0.15, 0.2) is 54.7 Å². The number of H-pyrrole nitrogens is 1. The largest absolute Gasteiger partial charge is 0.487 e. The van der Waals surface area contributed by atoms with Crippen LogP contribution in [0.5, 0.6) is 5.75 Å². The van der Waals surface area contributed by atoms with Crippen molar-refractivity contribution < 1.29 is 9.84 Å². The average Bonchev–Trinajstić information content (AvgIpc) is 2.97. The molecule has 3 aromatic rings. The standard InChI is InChI=1S/C18H20N2O2/c19-15(11-21)9-14-10-20-18-16(14)7-4-8-17(18)22-12-13-5-2-1-3-6-13/h1-8,10,15,20-21H,9,11-12,19H2/t15-/m0/s1. The highest BCUT2D eigenvalue weighted by Crippen LogP contribution is 2.28. The molecule has 0 fully saturated rings. The molecule has 1 aromatic heterocycles. The summed E-state index contributed by atoms with van der Waals surface area (Å²) in [7, 11) is 0. The van der Waals surface area contributed by atoms with Gasteiger partial charge in [0.05, 0.1) is 12.1 Å². The van der Waals surface area contributed by atoms with Crippen LogP contribution in [0.1, 0.15) is 11.1 Å². The highest BCUT2D eigenvalue weighted by atomic mass is 16.5. The maximum atomic E-state index is 9.11. The number of ether oxygens (including phenoxy) is 1. The Morgan fingerprint density at radius 1 is 1.09 bits per heavy atom. The third-order valence-electron chi connectivity index (χ3n) is 3.72. The lowest BCUT2D eigenvalue weighted by atomic mass is 10.1. The summed E-state index contributed by atoms with van der Waals surface area (Å²) < 4.78 is 5.94. The normalized spacial score (nSPS) is 12.5. The molecule has 0 aliphatic carbocycles. The summed E-state index contributed by atoms with van der Waals surface area (Å²) >= 11 is 0. The average molecular weight is 296 g/mol. The number of hydrogen-bond acceptors (Lipinski definition) is 3. The van der Waals surface area contributed by atoms with Crippen molar-refractivity contribution in [3.63, 3.8) is 0 Å². The van der Waals surface area contributed by atoms with Gasteiger partial charge < -0.3 is 20.6 Å². The number of para-hydroxylation sites is 1. The lowest BCUT2D eigenvalue weighted by molar-refractivity contribution is 0.265. The van der Waals surface area contributed by atoms with E-state index >= 15 is 0 Å². The van der Waals surface area contributed by atoms with Crippen LogP contribution in [0.25, 0.3) is 10.9 Å². The van der Waals surface area contributed by atoms with Gasteiger partial charge in [0.2, 0.25) is 0 Å². The Morgan fingerprint density at radius 2 is 1.91 bits per heavy atom. The van der Waals surface area contributed by atoms with Crippen molar-refractivity contribution in [2.75, 3.05) is 6.61 Å². The fraction of sp³-hybridized carbons (Fsp3) is 0.222. The molecule has 0 saturated heterocycles. The number of aliphatic hydroxyl groups excluding tert-OH is 1. The highest BCUT2D eigenvalue weighted by molar-refractivity contribution is 5.88. The van der Waals surface area contributed by atoms with Crippen molar-refractivity contribution in [3.8, 4) is 5.75 Å². The minimum absolute atomic E-state index is 0.0170. The molecule has 4 heteroatoms. The van der Waals surface area contributed by atoms with Gasteiger partial charge in [-0.2, -0.15) is 0 Å². The molecule has 4 nitrogen and oxygen atoms in total. The van der Waals surface area contributed by atoms with Crippen molar-refractivity contribution in [2.45, 2.75) is 19.1 Å². The number of nitrogens with two attached hydrogens (primary N) is 1. The maximum absolute atomic E-state index is 9.11. The minimum atomic E-state index is -0.243. The number of rotatable bonds is 6. The van der Waals surface area contributed by atoms with E-state index in [1.54, 1.807) is 0 Å². The Morgan fingerprint density at radius 3 is 2.68 bits per heavy atom. The molecule has 0 unspecified atom stereocenters. The summed E-state index contributed by atoms with van der Waals surface area (Å²) in [5, 5.41) is 10.2. The van der Waals surface area contributed by atoms with Gasteiger partial charge in [-0.1, -0.05) is 42.5 Å². The Balaban J connectivity index is 1.82. The molecule has 0 amide bonds. The molecular formula is C18H20N2O2. The fourth-order valence-electron chi connectivity index (χ4n) is 2.56. The summed E-state index contributed by atoms with van der Waals surface area (Å²) in [5.41, 5.74) is 9.04. The molecule has 0 saturated carbocycles. The van der Waals surface area contributed by atoms with Crippen molar-refractivity contribution in [1.82, 2.24) is 4.98 Å². The van der Waals surface area contributed by atoms with Gasteiger partial charge in [-0.05, 0) is 23.6 Å². The maximum Gasteiger partial charge on any atom is 0.143 e. The molecule has 0 bridgehead atoms. The molecule has 3 rings (SSSR count). The van der Waals surface area contributed by atoms with E-state index < -0.39 is 0 Å². The van der Waals surface area contributed by atoms with Gasteiger partial charge in [-0.25, -0.2) is 0 Å². The van der Waals surface area contributed by atoms with Crippen molar-refractivity contribution in [2.24, 2.45) is 5.73 Å². The number of benzene rings is 2. The first-order valence-electron chi connectivity index (χ1n) is 7.40. The van der Waals surface area contributed by atoms with Gasteiger partial charge >= 0.3 is 0 Å². The second-order valence-electron chi connectivity index (χ2n) is 5.41. The van der Waals surface area contributed by atoms with Gasteiger partial charge in [0.1, 0.15) is 12.4 Å². The van der Waals surface area contributed by atoms with Gasteiger partial charge in [-0.15, -0.1) is 0 Å². The molecule has 114 valence electrons. The van der Waals surface area contributed by atoms with E-state index in [4.69, 9.17) is 15.6 Å². The quantitative estimate of drug-likeness (QED) is 0.655. The van der Waals surface area contributed by atoms with Crippen molar-refractivity contribution in [1.29, 1.82) is 0 Å². The molecule has 0 aliphatic rings. The summed E-state index contributed by atoms with van der Waals surface area (Å²) in [6.07, 6.45) is 2.58. The summed E-state index contributed by atoms with van der Waals surface area (Å²) in [4.78, 5) is 3.26. The van der Waals surface area contributed by atoms with E-state index in [1.165, 1.54) is 0 Å². The molecule has 1 heterocycles. The number of hydrogen-bond donors (Lipinski definition) is 3. The highest BCUT2D eigenvalue weighted by Gasteiger charge is 2.11. The third-order valence-corrected chi connectivity index (χ3v) is 3.72. The van der Waals surface area contributed by atoms with Crippen LogP contribution >= 0.6 is 0 Å². The summed E-state index contributed by atoms with van der Waals surface area (Å²) in [5.74, 6) is 0.824. The number of fused-ring (bicyclic) bond motifs is 1. The van der Waals surface area contributed by atoms with Gasteiger partial charge in [0, 0.05) is 17.6 Å². The van der Waals surface area contributed by atoms with E-state index in [0.717, 1.165) is 27.8 Å². The first-order chi connectivity index (χ1) is 10.8. The predicted molar refractivity (Wildman–Crippen MR) is 87.8 cm³/mol. The number of nitrogens with one attached hydrogen (secondary N) is 1. The lowest BCUT2D eigenvalue weighted by Crippen LogP contribution is -2.26. The van der Waals surface area contributed by atoms with Crippen LogP contribution < -0.4 is 10.5 Å². The first-order valence-corrected chi connectivity index (χ1v) is 7.40. The monoisotopic (exact) mass is 296 g/mol. The van der Waals surface area contributed by atoms with Crippen molar-refractivity contribution in [3.05, 3.63) is 65.9 Å². The minimum Gasteiger partial charge on any atom is -0.487 e. The second kappa shape index (κ2) is 6.64. The fourth-order valence-corrected chi connectivity index (χ4v) is 2.56. The van der Waals surface area contributed by atoms with Gasteiger partial charge in [0.25, 0.3) is 0 Å². The zero-order valence-corrected chi connectivity index (χ0v) is 12.3. The summed E-state index contributed by atoms with van der Waals surface area (Å²) in [6.45, 7) is 0.515. The Kier molecular flexibility index (Phi) is 4.42. The summed E-state index contributed by atoms with van der Waals surface area (Å²) in [6, 6.07) is 15.8. The number of aliphatic hydroxyl groups is 1. The Hall–Kier alpha value is -2.30. The van der Waals surface area contributed by atoms with Gasteiger partial charge in [-0.3, -0.25) is 0 Å². The van der Waals surface area contributed by atoms with Crippen molar-refractivity contribution >= 4 is 10.9 Å². The molecule has 0 spiro atoms. The molecular weight excluding hydrogens is 276 g/mol. The second-order valence-corrected chi connectivity index (χ2v) is 5.41. The third kappa shape index (κ3) is 3.13. The molecule has 0 radical (unpaired) electrons. The topological polar surface area (TPSA) is 71.3 Å². The number of aromatic amines is 1. The van der Waals surface area contributed by atoms with Gasteiger partial charge in [0.15, 0.2) is 0 Å². The first kappa shape index (κ1) is 14.6. The van der Waals surface area contributed by atoms with Crippen LogP contribution in [-0.2, 0) is 13.0 Å². The predicted octanol–water partition coefficient (Wildman–Crippen LogP) is 2.61. The van der Waals surface area contributed by atoms with Crippen LogP contribution in [0.3, 0.4) is 0 Å². The molecule has 2 aromatic carbocycles. The van der Waals surface area contributed by atoms with E-state index in [-0.39, 0.29) is 12.6 Å². The molecule has 4 N–H and O–H groups in total. The molecule has 22 heavy (non-hydrogen) atoms. The smallest absolute Gasteiger partial charge is 0.143 e. The molecule has 1 atom stereocenters.